The Bertz CT molecular complexity index is 878. The second-order valence-electron chi connectivity index (χ2n) is 7.81. The van der Waals surface area contributed by atoms with Crippen molar-refractivity contribution in [2.45, 2.75) is 39.3 Å². The maximum Gasteiger partial charge on any atom is 0.412 e. The van der Waals surface area contributed by atoms with Gasteiger partial charge in [-0.2, -0.15) is 0 Å². The Morgan fingerprint density at radius 2 is 1.45 bits per heavy atom. The average Bonchev–Trinajstić information content (AvgIpc) is 2.71. The molecular formula is C23H30N2O6. The number of benzene rings is 2. The molecule has 8 nitrogen and oxygen atoms in total. The summed E-state index contributed by atoms with van der Waals surface area (Å²) in [6, 6.07) is 10.6. The van der Waals surface area contributed by atoms with Gasteiger partial charge in [0, 0.05) is 12.2 Å². The lowest BCUT2D eigenvalue weighted by atomic mass is 10.1. The molecule has 2 rings (SSSR count). The highest BCUT2D eigenvalue weighted by molar-refractivity contribution is 5.85. The molecule has 0 bridgehead atoms. The molecule has 0 fully saturated rings. The molecule has 2 amide bonds. The van der Waals surface area contributed by atoms with Gasteiger partial charge in [-0.05, 0) is 56.2 Å². The summed E-state index contributed by atoms with van der Waals surface area (Å²) in [5.41, 5.74) is 1.66. The van der Waals surface area contributed by atoms with Crippen LogP contribution >= 0.6 is 0 Å². The normalized spacial score (nSPS) is 10.8. The highest BCUT2D eigenvalue weighted by Gasteiger charge is 2.16. The molecule has 2 aromatic carbocycles. The number of anilines is 1. The van der Waals surface area contributed by atoms with Gasteiger partial charge in [-0.25, -0.2) is 4.79 Å². The smallest absolute Gasteiger partial charge is 0.412 e. The van der Waals surface area contributed by atoms with Crippen LogP contribution in [0.1, 0.15) is 31.9 Å². The van der Waals surface area contributed by atoms with Crippen LogP contribution in [0.3, 0.4) is 0 Å². The van der Waals surface area contributed by atoms with Crippen LogP contribution in [0.2, 0.25) is 0 Å². The second kappa shape index (κ2) is 10.6. The topological polar surface area (TPSA) is 95.1 Å². The molecule has 0 aromatic heterocycles. The van der Waals surface area contributed by atoms with Crippen LogP contribution < -0.4 is 24.8 Å². The molecule has 0 aliphatic heterocycles. The molecule has 0 aliphatic carbocycles. The van der Waals surface area contributed by atoms with Crippen LogP contribution in [-0.2, 0) is 22.5 Å². The fourth-order valence-electron chi connectivity index (χ4n) is 2.81. The van der Waals surface area contributed by atoms with E-state index in [1.807, 2.05) is 0 Å². The molecule has 0 heterocycles. The first-order valence-electron chi connectivity index (χ1n) is 9.79. The molecule has 0 aliphatic rings. The van der Waals surface area contributed by atoms with Crippen molar-refractivity contribution in [3.05, 3.63) is 47.5 Å². The van der Waals surface area contributed by atoms with Crippen LogP contribution in [0.4, 0.5) is 10.5 Å². The van der Waals surface area contributed by atoms with Gasteiger partial charge in [0.05, 0.1) is 27.8 Å². The van der Waals surface area contributed by atoms with E-state index >= 15 is 0 Å². The Morgan fingerprint density at radius 3 is 1.94 bits per heavy atom. The zero-order valence-corrected chi connectivity index (χ0v) is 18.8. The molecule has 31 heavy (non-hydrogen) atoms. The molecule has 0 atom stereocenters. The number of carbonyl (C=O) groups excluding carboxylic acids is 2. The molecule has 0 spiro atoms. The molecule has 0 saturated heterocycles. The van der Waals surface area contributed by atoms with Crippen LogP contribution in [0.5, 0.6) is 17.2 Å². The van der Waals surface area contributed by atoms with Gasteiger partial charge in [-0.1, -0.05) is 12.1 Å². The van der Waals surface area contributed by atoms with Gasteiger partial charge in [0.2, 0.25) is 11.7 Å². The third-order valence-corrected chi connectivity index (χ3v) is 4.18. The lowest BCUT2D eigenvalue weighted by Gasteiger charge is -2.19. The lowest BCUT2D eigenvalue weighted by Crippen LogP contribution is -2.27. The van der Waals surface area contributed by atoms with Crippen molar-refractivity contribution in [2.24, 2.45) is 0 Å². The summed E-state index contributed by atoms with van der Waals surface area (Å²) in [4.78, 5) is 24.2. The largest absolute Gasteiger partial charge is 0.493 e. The van der Waals surface area contributed by atoms with Crippen molar-refractivity contribution in [1.29, 1.82) is 0 Å². The van der Waals surface area contributed by atoms with Crippen LogP contribution in [-0.4, -0.2) is 38.9 Å². The minimum Gasteiger partial charge on any atom is -0.493 e. The predicted molar refractivity (Wildman–Crippen MR) is 118 cm³/mol. The Balaban J connectivity index is 1.92. The SMILES string of the molecule is COc1cc(CNC(=O)Cc2ccc(NC(=O)OC(C)(C)C)cc2)cc(OC)c1OC. The van der Waals surface area contributed by atoms with Crippen molar-refractivity contribution < 1.29 is 28.5 Å². The van der Waals surface area contributed by atoms with E-state index in [-0.39, 0.29) is 12.3 Å². The first-order chi connectivity index (χ1) is 14.6. The van der Waals surface area contributed by atoms with Gasteiger partial charge < -0.3 is 24.3 Å². The molecule has 8 heteroatoms. The highest BCUT2D eigenvalue weighted by atomic mass is 16.6. The number of nitrogens with one attached hydrogen (secondary N) is 2. The van der Waals surface area contributed by atoms with E-state index in [1.54, 1.807) is 71.4 Å². The van der Waals surface area contributed by atoms with E-state index in [0.29, 0.717) is 29.5 Å². The third kappa shape index (κ3) is 7.40. The molecule has 0 radical (unpaired) electrons. The Labute approximate surface area is 182 Å². The first kappa shape index (κ1) is 23.9. The Kier molecular flexibility index (Phi) is 8.13. The standard InChI is InChI=1S/C23H30N2O6/c1-23(2,3)31-22(27)25-17-9-7-15(8-10-17)13-20(26)24-14-16-11-18(28-4)21(30-6)19(12-16)29-5/h7-12H,13-14H2,1-6H3,(H,24,26)(H,25,27). The summed E-state index contributed by atoms with van der Waals surface area (Å²) in [5, 5.41) is 5.54. The number of amides is 2. The Morgan fingerprint density at radius 1 is 0.871 bits per heavy atom. The number of carbonyl (C=O) groups is 2. The maximum atomic E-state index is 12.3. The molecule has 168 valence electrons. The molecule has 2 aromatic rings. The number of hydrogen-bond donors (Lipinski definition) is 2. The van der Waals surface area contributed by atoms with Gasteiger partial charge in [0.15, 0.2) is 11.5 Å². The van der Waals surface area contributed by atoms with E-state index < -0.39 is 11.7 Å². The highest BCUT2D eigenvalue weighted by Crippen LogP contribution is 2.38. The average molecular weight is 431 g/mol. The van der Waals surface area contributed by atoms with Crippen molar-refractivity contribution in [2.75, 3.05) is 26.6 Å². The summed E-state index contributed by atoms with van der Waals surface area (Å²) in [6.45, 7) is 5.71. The van der Waals surface area contributed by atoms with Crippen molar-refractivity contribution in [1.82, 2.24) is 5.32 Å². The number of ether oxygens (including phenoxy) is 4. The first-order valence-corrected chi connectivity index (χ1v) is 9.79. The maximum absolute atomic E-state index is 12.3. The summed E-state index contributed by atoms with van der Waals surface area (Å²) in [6.07, 6.45) is -0.319. The quantitative estimate of drug-likeness (QED) is 0.659. The Hall–Kier alpha value is -3.42. The monoisotopic (exact) mass is 430 g/mol. The summed E-state index contributed by atoms with van der Waals surface area (Å²) in [7, 11) is 4.62. The van der Waals surface area contributed by atoms with Crippen molar-refractivity contribution in [3.8, 4) is 17.2 Å². The zero-order chi connectivity index (χ0) is 23.0. The number of rotatable bonds is 8. The minimum absolute atomic E-state index is 0.137. The van der Waals surface area contributed by atoms with Gasteiger partial charge in [-0.15, -0.1) is 0 Å². The van der Waals surface area contributed by atoms with E-state index in [0.717, 1.165) is 11.1 Å². The van der Waals surface area contributed by atoms with Gasteiger partial charge in [0.1, 0.15) is 5.60 Å². The van der Waals surface area contributed by atoms with Gasteiger partial charge >= 0.3 is 6.09 Å². The molecule has 0 saturated carbocycles. The zero-order valence-electron chi connectivity index (χ0n) is 18.8. The number of hydrogen-bond acceptors (Lipinski definition) is 6. The summed E-state index contributed by atoms with van der Waals surface area (Å²) in [5.74, 6) is 1.42. The summed E-state index contributed by atoms with van der Waals surface area (Å²) >= 11 is 0. The van der Waals surface area contributed by atoms with E-state index in [4.69, 9.17) is 18.9 Å². The van der Waals surface area contributed by atoms with E-state index in [1.165, 1.54) is 7.11 Å². The predicted octanol–water partition coefficient (Wildman–Crippen LogP) is 3.92. The second-order valence-corrected chi connectivity index (χ2v) is 7.81. The van der Waals surface area contributed by atoms with Crippen molar-refractivity contribution in [3.63, 3.8) is 0 Å². The lowest BCUT2D eigenvalue weighted by molar-refractivity contribution is -0.120. The molecule has 0 unspecified atom stereocenters. The van der Waals surface area contributed by atoms with E-state index in [2.05, 4.69) is 10.6 Å². The van der Waals surface area contributed by atoms with Gasteiger partial charge in [-0.3, -0.25) is 10.1 Å². The minimum atomic E-state index is -0.569. The van der Waals surface area contributed by atoms with Gasteiger partial charge in [0.25, 0.3) is 0 Å². The van der Waals surface area contributed by atoms with E-state index in [9.17, 15) is 9.59 Å². The summed E-state index contributed by atoms with van der Waals surface area (Å²) < 4.78 is 21.2. The third-order valence-electron chi connectivity index (χ3n) is 4.18. The molecular weight excluding hydrogens is 400 g/mol. The fraction of sp³-hybridized carbons (Fsp3) is 0.391. The molecule has 2 N–H and O–H groups in total. The van der Waals surface area contributed by atoms with Crippen LogP contribution in [0.15, 0.2) is 36.4 Å². The van der Waals surface area contributed by atoms with Crippen LogP contribution in [0.25, 0.3) is 0 Å². The fourth-order valence-corrected chi connectivity index (χ4v) is 2.81. The number of methoxy groups -OCH3 is 3. The van der Waals surface area contributed by atoms with Crippen molar-refractivity contribution >= 4 is 17.7 Å². The van der Waals surface area contributed by atoms with Crippen LogP contribution in [0, 0.1) is 0 Å².